The van der Waals surface area contributed by atoms with Crippen LogP contribution < -0.4 is 14.8 Å². The number of carbonyl (C=O) groups is 1. The summed E-state index contributed by atoms with van der Waals surface area (Å²) in [4.78, 5) is 11.0. The molecule has 92 valence electrons. The van der Waals surface area contributed by atoms with Crippen molar-refractivity contribution in [3.63, 3.8) is 0 Å². The molecular formula is C9H5ClF3NO3. The first-order chi connectivity index (χ1) is 7.85. The number of benzene rings is 1. The zero-order valence-electron chi connectivity index (χ0n) is 8.10. The smallest absolute Gasteiger partial charge is 0.480 e. The molecule has 0 saturated heterocycles. The minimum absolute atomic E-state index is 0.0491. The minimum atomic E-state index is -4.82. The molecule has 0 aromatic heterocycles. The van der Waals surface area contributed by atoms with Crippen molar-refractivity contribution in [1.29, 1.82) is 0 Å². The van der Waals surface area contributed by atoms with Crippen LogP contribution in [0, 0.1) is 0 Å². The van der Waals surface area contributed by atoms with Gasteiger partial charge in [-0.3, -0.25) is 4.79 Å². The van der Waals surface area contributed by atoms with Gasteiger partial charge in [0.15, 0.2) is 12.4 Å². The molecule has 0 saturated carbocycles. The van der Waals surface area contributed by atoms with Crippen LogP contribution in [0.15, 0.2) is 12.1 Å². The Hall–Kier alpha value is -1.63. The fourth-order valence-corrected chi connectivity index (χ4v) is 1.59. The largest absolute Gasteiger partial charge is 0.573 e. The summed E-state index contributed by atoms with van der Waals surface area (Å²) in [6.07, 6.45) is -4.82. The second-order valence-corrected chi connectivity index (χ2v) is 3.57. The van der Waals surface area contributed by atoms with Crippen LogP contribution >= 0.6 is 11.6 Å². The summed E-state index contributed by atoms with van der Waals surface area (Å²) in [6.45, 7) is -0.230. The predicted octanol–water partition coefficient (Wildman–Crippen LogP) is 2.57. The Morgan fingerprint density at radius 2 is 2.12 bits per heavy atom. The molecule has 17 heavy (non-hydrogen) atoms. The first-order valence-electron chi connectivity index (χ1n) is 4.37. The molecule has 0 spiro atoms. The van der Waals surface area contributed by atoms with E-state index in [1.807, 2.05) is 0 Å². The lowest BCUT2D eigenvalue weighted by Crippen LogP contribution is -2.26. The summed E-state index contributed by atoms with van der Waals surface area (Å²) < 4.78 is 44.7. The molecule has 0 fully saturated rings. The summed E-state index contributed by atoms with van der Waals surface area (Å²) in [5.74, 6) is -0.870. The molecule has 0 unspecified atom stereocenters. The van der Waals surface area contributed by atoms with E-state index in [0.29, 0.717) is 0 Å². The predicted molar refractivity (Wildman–Crippen MR) is 52.3 cm³/mol. The number of halogens is 4. The number of ether oxygens (including phenoxy) is 2. The van der Waals surface area contributed by atoms with Crippen LogP contribution in [0.2, 0.25) is 5.02 Å². The van der Waals surface area contributed by atoms with E-state index in [1.165, 1.54) is 0 Å². The van der Waals surface area contributed by atoms with Crippen LogP contribution in [-0.2, 0) is 4.79 Å². The van der Waals surface area contributed by atoms with Crippen molar-refractivity contribution in [2.45, 2.75) is 6.36 Å². The Labute approximate surface area is 98.3 Å². The average molecular weight is 268 g/mol. The zero-order valence-corrected chi connectivity index (χ0v) is 8.85. The van der Waals surface area contributed by atoms with Crippen LogP contribution in [0.3, 0.4) is 0 Å². The third-order valence-electron chi connectivity index (χ3n) is 1.87. The normalized spacial score (nSPS) is 14.7. The Balaban J connectivity index is 2.35. The number of carbonyl (C=O) groups excluding carboxylic acids is 1. The van der Waals surface area contributed by atoms with Crippen molar-refractivity contribution in [1.82, 2.24) is 0 Å². The average Bonchev–Trinajstić information content (AvgIpc) is 2.13. The van der Waals surface area contributed by atoms with Gasteiger partial charge in [-0.2, -0.15) is 0 Å². The van der Waals surface area contributed by atoms with Crippen molar-refractivity contribution >= 4 is 23.2 Å². The molecule has 1 aromatic rings. The van der Waals surface area contributed by atoms with E-state index in [0.717, 1.165) is 12.1 Å². The third kappa shape index (κ3) is 2.73. The number of hydrogen-bond donors (Lipinski definition) is 1. The molecule has 1 aliphatic heterocycles. The van der Waals surface area contributed by atoms with Crippen molar-refractivity contribution in [3.05, 3.63) is 17.2 Å². The van der Waals surface area contributed by atoms with E-state index in [1.54, 1.807) is 0 Å². The van der Waals surface area contributed by atoms with Gasteiger partial charge in [0.05, 0.1) is 10.7 Å². The lowest BCUT2D eigenvalue weighted by molar-refractivity contribution is -0.274. The Morgan fingerprint density at radius 1 is 1.41 bits per heavy atom. The lowest BCUT2D eigenvalue weighted by Gasteiger charge is -2.20. The molecule has 0 aliphatic carbocycles. The fourth-order valence-electron chi connectivity index (χ4n) is 1.32. The lowest BCUT2D eigenvalue weighted by atomic mass is 10.2. The fraction of sp³-hybridized carbons (Fsp3) is 0.222. The highest BCUT2D eigenvalue weighted by Gasteiger charge is 2.32. The molecule has 1 aromatic carbocycles. The van der Waals surface area contributed by atoms with Gasteiger partial charge < -0.3 is 14.8 Å². The number of alkyl halides is 3. The van der Waals surface area contributed by atoms with Crippen LogP contribution in [0.4, 0.5) is 18.9 Å². The molecule has 4 nitrogen and oxygen atoms in total. The number of amides is 1. The quantitative estimate of drug-likeness (QED) is 0.851. The second kappa shape index (κ2) is 3.99. The summed E-state index contributed by atoms with van der Waals surface area (Å²) >= 11 is 5.70. The molecule has 0 bridgehead atoms. The SMILES string of the molecule is O=C1COc2c(Cl)cc(OC(F)(F)F)cc2N1. The highest BCUT2D eigenvalue weighted by Crippen LogP contribution is 2.40. The topological polar surface area (TPSA) is 47.6 Å². The van der Waals surface area contributed by atoms with Crippen LogP contribution in [-0.4, -0.2) is 18.9 Å². The van der Waals surface area contributed by atoms with Gasteiger partial charge in [-0.1, -0.05) is 11.6 Å². The van der Waals surface area contributed by atoms with Crippen LogP contribution in [0.5, 0.6) is 11.5 Å². The first-order valence-corrected chi connectivity index (χ1v) is 4.75. The van der Waals surface area contributed by atoms with E-state index in [-0.39, 0.29) is 23.1 Å². The monoisotopic (exact) mass is 267 g/mol. The molecule has 1 N–H and O–H groups in total. The maximum atomic E-state index is 12.0. The Morgan fingerprint density at radius 3 is 2.76 bits per heavy atom. The van der Waals surface area contributed by atoms with Gasteiger partial charge in [0.1, 0.15) is 5.75 Å². The highest BCUT2D eigenvalue weighted by molar-refractivity contribution is 6.33. The maximum Gasteiger partial charge on any atom is 0.573 e. The highest BCUT2D eigenvalue weighted by atomic mass is 35.5. The third-order valence-corrected chi connectivity index (χ3v) is 2.15. The first kappa shape index (κ1) is 11.8. The Kier molecular flexibility index (Phi) is 2.78. The standard InChI is InChI=1S/C9H5ClF3NO3/c10-5-1-4(17-9(11,12)13)2-6-8(5)16-3-7(15)14-6/h1-2H,3H2,(H,14,15). The second-order valence-electron chi connectivity index (χ2n) is 3.17. The Bertz CT molecular complexity index is 475. The summed E-state index contributed by atoms with van der Waals surface area (Å²) in [5.41, 5.74) is 0.0491. The minimum Gasteiger partial charge on any atom is -0.480 e. The maximum absolute atomic E-state index is 12.0. The number of hydrogen-bond acceptors (Lipinski definition) is 3. The van der Waals surface area contributed by atoms with E-state index in [4.69, 9.17) is 16.3 Å². The molecular weight excluding hydrogens is 263 g/mol. The number of rotatable bonds is 1. The van der Waals surface area contributed by atoms with E-state index >= 15 is 0 Å². The van der Waals surface area contributed by atoms with Crippen LogP contribution in [0.1, 0.15) is 0 Å². The van der Waals surface area contributed by atoms with E-state index < -0.39 is 18.0 Å². The van der Waals surface area contributed by atoms with E-state index in [2.05, 4.69) is 10.1 Å². The van der Waals surface area contributed by atoms with E-state index in [9.17, 15) is 18.0 Å². The number of anilines is 1. The van der Waals surface area contributed by atoms with Gasteiger partial charge in [0.2, 0.25) is 0 Å². The van der Waals surface area contributed by atoms with Crippen molar-refractivity contribution in [2.75, 3.05) is 11.9 Å². The van der Waals surface area contributed by atoms with Gasteiger partial charge in [-0.25, -0.2) is 0 Å². The van der Waals surface area contributed by atoms with Crippen molar-refractivity contribution in [3.8, 4) is 11.5 Å². The molecule has 0 radical (unpaired) electrons. The molecule has 2 rings (SSSR count). The molecule has 1 heterocycles. The number of nitrogens with one attached hydrogen (secondary N) is 1. The van der Waals surface area contributed by atoms with Gasteiger partial charge >= 0.3 is 6.36 Å². The van der Waals surface area contributed by atoms with Gasteiger partial charge in [0, 0.05) is 12.1 Å². The van der Waals surface area contributed by atoms with Gasteiger partial charge in [-0.15, -0.1) is 13.2 Å². The van der Waals surface area contributed by atoms with Crippen LogP contribution in [0.25, 0.3) is 0 Å². The van der Waals surface area contributed by atoms with Crippen molar-refractivity contribution in [2.24, 2.45) is 0 Å². The summed E-state index contributed by atoms with van der Waals surface area (Å²) in [7, 11) is 0. The van der Waals surface area contributed by atoms with Gasteiger partial charge in [-0.05, 0) is 0 Å². The van der Waals surface area contributed by atoms with Crippen molar-refractivity contribution < 1.29 is 27.4 Å². The summed E-state index contributed by atoms with van der Waals surface area (Å²) in [6, 6.07) is 1.96. The van der Waals surface area contributed by atoms with Gasteiger partial charge in [0.25, 0.3) is 5.91 Å². The number of fused-ring (bicyclic) bond motifs is 1. The molecule has 1 amide bonds. The molecule has 0 atom stereocenters. The molecule has 8 heteroatoms. The zero-order chi connectivity index (χ0) is 12.6. The molecule has 1 aliphatic rings. The summed E-state index contributed by atoms with van der Waals surface area (Å²) in [5, 5.41) is 2.26.